The monoisotopic (exact) mass is 360 g/mol. The minimum atomic E-state index is -3.54. The lowest BCUT2D eigenvalue weighted by Gasteiger charge is -2.23. The molecule has 1 aromatic carbocycles. The van der Waals surface area contributed by atoms with E-state index in [9.17, 15) is 18.0 Å². The minimum Gasteiger partial charge on any atom is -0.322 e. The average molecular weight is 360 g/mol. The van der Waals surface area contributed by atoms with Gasteiger partial charge in [0.25, 0.3) is 5.91 Å². The molecule has 3 rings (SSSR count). The molecule has 1 aliphatic rings. The summed E-state index contributed by atoms with van der Waals surface area (Å²) in [4.78, 5) is 34.1. The molecular formula is C16H16N4O4S. The third kappa shape index (κ3) is 3.22. The van der Waals surface area contributed by atoms with Crippen LogP contribution >= 0.6 is 0 Å². The molecule has 2 heterocycles. The number of rotatable bonds is 4. The van der Waals surface area contributed by atoms with Crippen molar-refractivity contribution in [3.63, 3.8) is 0 Å². The molecule has 1 aliphatic heterocycles. The van der Waals surface area contributed by atoms with Gasteiger partial charge in [-0.1, -0.05) is 12.1 Å². The number of hydrogen-bond acceptors (Lipinski definition) is 6. The molecule has 130 valence electrons. The van der Waals surface area contributed by atoms with Crippen LogP contribution in [0.1, 0.15) is 22.8 Å². The van der Waals surface area contributed by atoms with E-state index in [1.807, 2.05) is 0 Å². The average Bonchev–Trinajstić information content (AvgIpc) is 2.91. The number of hydrogen-bond donors (Lipinski definition) is 1. The summed E-state index contributed by atoms with van der Waals surface area (Å²) in [5.41, 5.74) is 0.737. The summed E-state index contributed by atoms with van der Waals surface area (Å²) >= 11 is 0. The number of fused-ring (bicyclic) bond motifs is 1. The summed E-state index contributed by atoms with van der Waals surface area (Å²) in [5.74, 6) is -0.560. The molecule has 1 aromatic heterocycles. The molecule has 1 atom stereocenters. The predicted octanol–water partition coefficient (Wildman–Crippen LogP) is 0.863. The third-order valence-electron chi connectivity index (χ3n) is 4.01. The van der Waals surface area contributed by atoms with Gasteiger partial charge in [-0.25, -0.2) is 18.4 Å². The zero-order chi connectivity index (χ0) is 18.2. The molecule has 1 N–H and O–H groups in total. The maximum atomic E-state index is 12.7. The number of benzene rings is 1. The second-order valence-corrected chi connectivity index (χ2v) is 7.74. The van der Waals surface area contributed by atoms with Crippen LogP contribution in [-0.4, -0.2) is 47.4 Å². The zero-order valence-corrected chi connectivity index (χ0v) is 14.4. The maximum absolute atomic E-state index is 12.7. The van der Waals surface area contributed by atoms with E-state index in [-0.39, 0.29) is 17.0 Å². The number of carbonyl (C=O) groups is 2. The first-order valence-corrected chi connectivity index (χ1v) is 9.38. The normalized spacial score (nSPS) is 15.0. The van der Waals surface area contributed by atoms with Crippen molar-refractivity contribution >= 4 is 27.5 Å². The first kappa shape index (κ1) is 17.0. The Morgan fingerprint density at radius 2 is 2.08 bits per heavy atom. The Labute approximate surface area is 144 Å². The quantitative estimate of drug-likeness (QED) is 0.866. The molecular weight excluding hydrogens is 344 g/mol. The van der Waals surface area contributed by atoms with Crippen LogP contribution in [0.25, 0.3) is 0 Å². The summed E-state index contributed by atoms with van der Waals surface area (Å²) in [7, 11) is -3.54. The van der Waals surface area contributed by atoms with Gasteiger partial charge >= 0.3 is 0 Å². The van der Waals surface area contributed by atoms with Crippen LogP contribution in [0.2, 0.25) is 0 Å². The molecule has 0 spiro atoms. The fourth-order valence-electron chi connectivity index (χ4n) is 2.71. The summed E-state index contributed by atoms with van der Waals surface area (Å²) < 4.78 is 23.9. The van der Waals surface area contributed by atoms with Gasteiger partial charge in [0.2, 0.25) is 5.91 Å². The lowest BCUT2D eigenvalue weighted by atomic mass is 10.1. The van der Waals surface area contributed by atoms with E-state index in [4.69, 9.17) is 0 Å². The molecule has 0 aliphatic carbocycles. The molecule has 0 saturated heterocycles. The number of carbonyl (C=O) groups excluding carboxylic acids is 2. The van der Waals surface area contributed by atoms with Gasteiger partial charge in [0.1, 0.15) is 18.2 Å². The lowest BCUT2D eigenvalue weighted by molar-refractivity contribution is -0.120. The van der Waals surface area contributed by atoms with E-state index >= 15 is 0 Å². The van der Waals surface area contributed by atoms with E-state index < -0.39 is 27.7 Å². The highest BCUT2D eigenvalue weighted by atomic mass is 32.2. The van der Waals surface area contributed by atoms with Crippen LogP contribution in [-0.2, 0) is 21.2 Å². The number of amides is 2. The van der Waals surface area contributed by atoms with Crippen LogP contribution < -0.4 is 5.32 Å². The van der Waals surface area contributed by atoms with Crippen molar-refractivity contribution in [2.75, 3.05) is 11.6 Å². The molecule has 0 radical (unpaired) electrons. The molecule has 0 fully saturated rings. The molecule has 25 heavy (non-hydrogen) atoms. The fourth-order valence-corrected chi connectivity index (χ4v) is 3.62. The van der Waals surface area contributed by atoms with E-state index in [0.717, 1.165) is 6.26 Å². The highest BCUT2D eigenvalue weighted by Gasteiger charge is 2.37. The van der Waals surface area contributed by atoms with Crippen molar-refractivity contribution in [1.29, 1.82) is 0 Å². The Balaban J connectivity index is 1.85. The van der Waals surface area contributed by atoms with Crippen LogP contribution in [0.5, 0.6) is 0 Å². The van der Waals surface area contributed by atoms with Crippen molar-refractivity contribution in [3.8, 4) is 0 Å². The Morgan fingerprint density at radius 3 is 2.72 bits per heavy atom. The Morgan fingerprint density at radius 1 is 1.32 bits per heavy atom. The summed E-state index contributed by atoms with van der Waals surface area (Å²) in [6, 6.07) is 5.44. The van der Waals surface area contributed by atoms with E-state index in [2.05, 4.69) is 15.3 Å². The van der Waals surface area contributed by atoms with E-state index in [1.165, 1.54) is 29.6 Å². The molecule has 2 amide bonds. The fraction of sp³-hybridized carbons (Fsp3) is 0.250. The van der Waals surface area contributed by atoms with Crippen LogP contribution in [0, 0.1) is 0 Å². The Kier molecular flexibility index (Phi) is 4.25. The zero-order valence-electron chi connectivity index (χ0n) is 13.6. The standard InChI is InChI=1S/C16H16N4O4S/c1-10(15(21)19-13-6-7-17-9-18-13)20-8-11-4-3-5-12(25(2,23)24)14(11)16(20)22/h3-7,9-10H,8H2,1-2H3,(H,17,18,19,21). The Hall–Kier alpha value is -2.81. The SMILES string of the molecule is CC(C(=O)Nc1ccncn1)N1Cc2cccc(S(C)(=O)=O)c2C1=O. The molecule has 8 nitrogen and oxygen atoms in total. The van der Waals surface area contributed by atoms with Crippen LogP contribution in [0.4, 0.5) is 5.82 Å². The highest BCUT2D eigenvalue weighted by molar-refractivity contribution is 7.90. The van der Waals surface area contributed by atoms with Gasteiger partial charge in [-0.15, -0.1) is 0 Å². The Bertz CT molecular complexity index is 944. The van der Waals surface area contributed by atoms with Gasteiger partial charge in [-0.05, 0) is 24.6 Å². The first-order valence-electron chi connectivity index (χ1n) is 7.49. The number of anilines is 1. The van der Waals surface area contributed by atoms with Crippen LogP contribution in [0.3, 0.4) is 0 Å². The topological polar surface area (TPSA) is 109 Å². The van der Waals surface area contributed by atoms with Crippen molar-refractivity contribution in [3.05, 3.63) is 47.9 Å². The lowest BCUT2D eigenvalue weighted by Crippen LogP contribution is -2.42. The number of nitrogens with one attached hydrogen (secondary N) is 1. The number of nitrogens with zero attached hydrogens (tertiary/aromatic N) is 3. The van der Waals surface area contributed by atoms with E-state index in [0.29, 0.717) is 11.4 Å². The molecule has 0 bridgehead atoms. The second kappa shape index (κ2) is 6.25. The molecule has 2 aromatic rings. The number of sulfone groups is 1. The van der Waals surface area contributed by atoms with Crippen molar-refractivity contribution in [2.24, 2.45) is 0 Å². The van der Waals surface area contributed by atoms with Crippen molar-refractivity contribution < 1.29 is 18.0 Å². The van der Waals surface area contributed by atoms with Gasteiger partial charge in [0, 0.05) is 19.0 Å². The van der Waals surface area contributed by atoms with Crippen molar-refractivity contribution in [2.45, 2.75) is 24.4 Å². The molecule has 9 heteroatoms. The summed E-state index contributed by atoms with van der Waals surface area (Å²) in [6.45, 7) is 1.76. The van der Waals surface area contributed by atoms with Gasteiger partial charge in [-0.3, -0.25) is 9.59 Å². The van der Waals surface area contributed by atoms with Gasteiger partial charge in [0.15, 0.2) is 9.84 Å². The smallest absolute Gasteiger partial charge is 0.256 e. The predicted molar refractivity (Wildman–Crippen MR) is 89.5 cm³/mol. The second-order valence-electron chi connectivity index (χ2n) is 5.76. The van der Waals surface area contributed by atoms with Crippen LogP contribution in [0.15, 0.2) is 41.7 Å². The summed E-state index contributed by atoms with van der Waals surface area (Å²) in [5, 5.41) is 2.61. The van der Waals surface area contributed by atoms with Gasteiger partial charge in [0.05, 0.1) is 10.5 Å². The molecule has 0 saturated carbocycles. The third-order valence-corrected chi connectivity index (χ3v) is 5.15. The highest BCUT2D eigenvalue weighted by Crippen LogP contribution is 2.30. The largest absolute Gasteiger partial charge is 0.322 e. The van der Waals surface area contributed by atoms with Gasteiger partial charge in [-0.2, -0.15) is 0 Å². The minimum absolute atomic E-state index is 0.0130. The van der Waals surface area contributed by atoms with Crippen molar-refractivity contribution in [1.82, 2.24) is 14.9 Å². The maximum Gasteiger partial charge on any atom is 0.256 e. The first-order chi connectivity index (χ1) is 11.8. The molecule has 1 unspecified atom stereocenters. The summed E-state index contributed by atoms with van der Waals surface area (Å²) in [6.07, 6.45) is 3.85. The number of aromatic nitrogens is 2. The van der Waals surface area contributed by atoms with E-state index in [1.54, 1.807) is 19.1 Å². The van der Waals surface area contributed by atoms with Gasteiger partial charge < -0.3 is 10.2 Å².